The lowest BCUT2D eigenvalue weighted by atomic mass is 9.73. The third kappa shape index (κ3) is 4.24. The molecule has 2 heterocycles. The second-order valence-electron chi connectivity index (χ2n) is 8.38. The number of nitrogens with zero attached hydrogens (tertiary/aromatic N) is 2. The average Bonchev–Trinajstić information content (AvgIpc) is 3.17. The Labute approximate surface area is 194 Å². The van der Waals surface area contributed by atoms with Crippen LogP contribution >= 0.6 is 0 Å². The predicted octanol–water partition coefficient (Wildman–Crippen LogP) is 6.09. The zero-order chi connectivity index (χ0) is 23.7. The highest BCUT2D eigenvalue weighted by molar-refractivity contribution is 6.01. The molecular weight excluding hydrogens is 436 g/mol. The molecule has 34 heavy (non-hydrogen) atoms. The summed E-state index contributed by atoms with van der Waals surface area (Å²) < 4.78 is 28.5. The molecule has 5 nitrogen and oxygen atoms in total. The Balaban J connectivity index is 1.74. The Morgan fingerprint density at radius 2 is 1.76 bits per heavy atom. The monoisotopic (exact) mass is 457 g/mol. The number of carboxylic acids is 1. The zero-order valence-electron chi connectivity index (χ0n) is 18.1. The van der Waals surface area contributed by atoms with E-state index in [1.54, 1.807) is 18.3 Å². The molecule has 2 aromatic carbocycles. The number of benzene rings is 2. The van der Waals surface area contributed by atoms with Crippen molar-refractivity contribution in [1.82, 2.24) is 15.2 Å². The molecule has 0 amide bonds. The van der Waals surface area contributed by atoms with Gasteiger partial charge in [0.15, 0.2) is 0 Å². The summed E-state index contributed by atoms with van der Waals surface area (Å²) in [5.41, 5.74) is 5.51. The van der Waals surface area contributed by atoms with Crippen molar-refractivity contribution in [2.45, 2.75) is 19.3 Å². The summed E-state index contributed by atoms with van der Waals surface area (Å²) in [6, 6.07) is 14.4. The van der Waals surface area contributed by atoms with Crippen molar-refractivity contribution in [2.24, 2.45) is 5.92 Å². The number of pyridine rings is 1. The molecule has 2 N–H and O–H groups in total. The Bertz CT molecular complexity index is 1430. The van der Waals surface area contributed by atoms with Gasteiger partial charge in [-0.05, 0) is 76.4 Å². The number of halogens is 2. The van der Waals surface area contributed by atoms with Crippen molar-refractivity contribution >= 4 is 34.1 Å². The highest BCUT2D eigenvalue weighted by Gasteiger charge is 2.28. The normalized spacial score (nSPS) is 14.9. The first-order valence-electron chi connectivity index (χ1n) is 11.0. The number of fused-ring (bicyclic) bond motifs is 1. The van der Waals surface area contributed by atoms with E-state index in [1.807, 2.05) is 30.3 Å². The van der Waals surface area contributed by atoms with Crippen LogP contribution < -0.4 is 0 Å². The van der Waals surface area contributed by atoms with Crippen LogP contribution in [0.4, 0.5) is 8.78 Å². The molecule has 5 rings (SSSR count). The van der Waals surface area contributed by atoms with Crippen molar-refractivity contribution in [3.8, 4) is 0 Å². The number of allylic oxidation sites excluding steroid dienone is 1. The first-order valence-corrected chi connectivity index (χ1v) is 11.0. The molecule has 0 unspecified atom stereocenters. The molecule has 1 fully saturated rings. The zero-order valence-corrected chi connectivity index (χ0v) is 18.1. The van der Waals surface area contributed by atoms with Crippen LogP contribution in [0.3, 0.4) is 0 Å². The number of carboxylic acid groups (broad SMARTS) is 1. The maximum atomic E-state index is 14.3. The van der Waals surface area contributed by atoms with Gasteiger partial charge in [-0.3, -0.25) is 10.1 Å². The summed E-state index contributed by atoms with van der Waals surface area (Å²) in [6.45, 7) is 0. The topological polar surface area (TPSA) is 78.9 Å². The molecule has 4 aromatic rings. The van der Waals surface area contributed by atoms with Gasteiger partial charge in [0.2, 0.25) is 5.95 Å². The highest BCUT2D eigenvalue weighted by Crippen LogP contribution is 2.45. The van der Waals surface area contributed by atoms with Gasteiger partial charge < -0.3 is 5.11 Å². The maximum Gasteiger partial charge on any atom is 0.328 e. The van der Waals surface area contributed by atoms with Crippen LogP contribution in [-0.4, -0.2) is 26.3 Å². The fraction of sp³-hybridized carbons (Fsp3) is 0.148. The molecule has 1 saturated carbocycles. The van der Waals surface area contributed by atoms with E-state index in [2.05, 4.69) is 15.2 Å². The molecule has 0 aliphatic heterocycles. The number of hydrogen-bond donors (Lipinski definition) is 2. The van der Waals surface area contributed by atoms with E-state index in [-0.39, 0.29) is 5.92 Å². The van der Waals surface area contributed by atoms with Crippen LogP contribution in [-0.2, 0) is 4.79 Å². The van der Waals surface area contributed by atoms with Crippen LogP contribution in [0.5, 0.6) is 0 Å². The van der Waals surface area contributed by atoms with Crippen LogP contribution in [0.2, 0.25) is 0 Å². The molecule has 0 spiro atoms. The van der Waals surface area contributed by atoms with Gasteiger partial charge in [0.25, 0.3) is 0 Å². The minimum absolute atomic E-state index is 0.218. The number of aromatic nitrogens is 3. The SMILES string of the molecule is O=C(O)C=Cc1ccc(C(=C(c2cncc(F)c2)C2CCC2)c2ccc3[nH]nc(F)c3c2)cc1. The van der Waals surface area contributed by atoms with Gasteiger partial charge in [-0.15, -0.1) is 5.10 Å². The molecule has 1 aliphatic carbocycles. The quantitative estimate of drug-likeness (QED) is 0.343. The van der Waals surface area contributed by atoms with Crippen molar-refractivity contribution in [1.29, 1.82) is 0 Å². The molecule has 0 bridgehead atoms. The third-order valence-electron chi connectivity index (χ3n) is 6.22. The van der Waals surface area contributed by atoms with E-state index in [9.17, 15) is 13.6 Å². The first-order chi connectivity index (χ1) is 16.5. The summed E-state index contributed by atoms with van der Waals surface area (Å²) in [5, 5.41) is 15.6. The lowest BCUT2D eigenvalue weighted by molar-refractivity contribution is -0.131. The smallest absolute Gasteiger partial charge is 0.328 e. The number of aromatic amines is 1. The minimum atomic E-state index is -1.02. The van der Waals surface area contributed by atoms with Crippen molar-refractivity contribution in [2.75, 3.05) is 0 Å². The fourth-order valence-corrected chi connectivity index (χ4v) is 4.38. The standard InChI is InChI=1S/C27H21F2N3O2/c28-21-12-20(14-30-15-21)26(17-2-1-3-17)25(18-7-4-16(5-8-18)6-11-24(33)34)19-9-10-23-22(13-19)27(29)32-31-23/h4-15,17H,1-3H2,(H,31,32)(H,33,34). The van der Waals surface area contributed by atoms with E-state index in [0.717, 1.165) is 53.2 Å². The van der Waals surface area contributed by atoms with Crippen LogP contribution in [0.1, 0.15) is 41.5 Å². The Morgan fingerprint density at radius 1 is 1.00 bits per heavy atom. The van der Waals surface area contributed by atoms with Crippen LogP contribution in [0, 0.1) is 17.7 Å². The molecular formula is C27H21F2N3O2. The van der Waals surface area contributed by atoms with Gasteiger partial charge in [-0.2, -0.15) is 4.39 Å². The molecule has 0 radical (unpaired) electrons. The number of hydrogen-bond acceptors (Lipinski definition) is 3. The molecule has 0 saturated heterocycles. The Morgan fingerprint density at radius 3 is 2.44 bits per heavy atom. The van der Waals surface area contributed by atoms with E-state index in [1.165, 1.54) is 18.3 Å². The summed E-state index contributed by atoms with van der Waals surface area (Å²) in [5.74, 6) is -1.80. The number of aliphatic carboxylic acids is 1. The number of carbonyl (C=O) groups is 1. The summed E-state index contributed by atoms with van der Waals surface area (Å²) in [6.07, 6.45) is 8.47. The van der Waals surface area contributed by atoms with E-state index < -0.39 is 17.7 Å². The predicted molar refractivity (Wildman–Crippen MR) is 127 cm³/mol. The highest BCUT2D eigenvalue weighted by atomic mass is 19.1. The second kappa shape index (κ2) is 9.02. The summed E-state index contributed by atoms with van der Waals surface area (Å²) in [4.78, 5) is 14.9. The average molecular weight is 457 g/mol. The van der Waals surface area contributed by atoms with E-state index in [4.69, 9.17) is 5.11 Å². The Kier molecular flexibility index (Phi) is 5.76. The van der Waals surface area contributed by atoms with Gasteiger partial charge in [0.1, 0.15) is 5.82 Å². The van der Waals surface area contributed by atoms with Gasteiger partial charge >= 0.3 is 5.97 Å². The Hall–Kier alpha value is -4.13. The van der Waals surface area contributed by atoms with Crippen LogP contribution in [0.15, 0.2) is 67.0 Å². The van der Waals surface area contributed by atoms with Gasteiger partial charge in [-0.25, -0.2) is 9.18 Å². The number of rotatable bonds is 6. The van der Waals surface area contributed by atoms with Gasteiger partial charge in [0.05, 0.1) is 17.1 Å². The fourth-order valence-electron chi connectivity index (χ4n) is 4.38. The van der Waals surface area contributed by atoms with Crippen molar-refractivity contribution in [3.63, 3.8) is 0 Å². The second-order valence-corrected chi connectivity index (χ2v) is 8.38. The maximum absolute atomic E-state index is 14.3. The first kappa shape index (κ1) is 21.7. The molecule has 7 heteroatoms. The van der Waals surface area contributed by atoms with E-state index >= 15 is 0 Å². The minimum Gasteiger partial charge on any atom is -0.478 e. The summed E-state index contributed by atoms with van der Waals surface area (Å²) in [7, 11) is 0. The largest absolute Gasteiger partial charge is 0.478 e. The molecule has 170 valence electrons. The van der Waals surface area contributed by atoms with Crippen molar-refractivity contribution < 1.29 is 18.7 Å². The van der Waals surface area contributed by atoms with Gasteiger partial charge in [-0.1, -0.05) is 36.8 Å². The molecule has 2 aromatic heterocycles. The van der Waals surface area contributed by atoms with Gasteiger partial charge in [0, 0.05) is 12.3 Å². The third-order valence-corrected chi connectivity index (χ3v) is 6.22. The van der Waals surface area contributed by atoms with Crippen LogP contribution in [0.25, 0.3) is 28.1 Å². The molecule has 0 atom stereocenters. The number of nitrogens with one attached hydrogen (secondary N) is 1. The lowest BCUT2D eigenvalue weighted by Crippen LogP contribution is -2.15. The number of H-pyrrole nitrogens is 1. The summed E-state index contributed by atoms with van der Waals surface area (Å²) >= 11 is 0. The van der Waals surface area contributed by atoms with Crippen molar-refractivity contribution in [3.05, 3.63) is 101 Å². The van der Waals surface area contributed by atoms with E-state index in [0.29, 0.717) is 16.5 Å². The lowest BCUT2D eigenvalue weighted by Gasteiger charge is -2.31. The molecule has 1 aliphatic rings.